The molecule has 0 saturated carbocycles. The van der Waals surface area contributed by atoms with Crippen LogP contribution in [0.15, 0.2) is 29.0 Å². The first kappa shape index (κ1) is 12.6. The van der Waals surface area contributed by atoms with Gasteiger partial charge in [-0.2, -0.15) is 0 Å². The minimum Gasteiger partial charge on any atom is -0.443 e. The van der Waals surface area contributed by atoms with Gasteiger partial charge in [-0.05, 0) is 50.0 Å². The molecule has 2 N–H and O–H groups in total. The Morgan fingerprint density at radius 1 is 1.37 bits per heavy atom. The van der Waals surface area contributed by atoms with Gasteiger partial charge in [0.1, 0.15) is 5.52 Å². The Balaban J connectivity index is 1.43. The largest absolute Gasteiger partial charge is 0.443 e. The summed E-state index contributed by atoms with van der Waals surface area (Å²) in [6.07, 6.45) is 6.52. The number of nitrogens with one attached hydrogen (secondary N) is 2. The minimum atomic E-state index is 0.658. The topological polar surface area (TPSA) is 50.1 Å². The molecule has 3 rings (SSSR count). The maximum atomic E-state index is 5.32. The normalized spacial score (nSPS) is 19.9. The van der Waals surface area contributed by atoms with E-state index in [-0.39, 0.29) is 0 Å². The summed E-state index contributed by atoms with van der Waals surface area (Å²) in [7, 11) is 0. The second-order valence-corrected chi connectivity index (χ2v) is 5.26. The summed E-state index contributed by atoms with van der Waals surface area (Å²) in [5, 5.41) is 7.09. The van der Waals surface area contributed by atoms with Gasteiger partial charge in [0.25, 0.3) is 0 Å². The van der Waals surface area contributed by atoms with Crippen LogP contribution in [0.25, 0.3) is 11.1 Å². The molecule has 1 aromatic carbocycles. The molecule has 1 aliphatic heterocycles. The van der Waals surface area contributed by atoms with E-state index >= 15 is 0 Å². The molecular formula is C15H21N3O. The van der Waals surface area contributed by atoms with Gasteiger partial charge in [0, 0.05) is 12.6 Å². The van der Waals surface area contributed by atoms with Crippen LogP contribution in [0.5, 0.6) is 0 Å². The third-order valence-electron chi connectivity index (χ3n) is 3.79. The molecule has 102 valence electrons. The van der Waals surface area contributed by atoms with E-state index in [0.717, 1.165) is 30.6 Å². The van der Waals surface area contributed by atoms with Crippen molar-refractivity contribution in [1.82, 2.24) is 15.6 Å². The zero-order valence-electron chi connectivity index (χ0n) is 11.2. The molecule has 0 amide bonds. The zero-order chi connectivity index (χ0) is 12.9. The molecule has 2 heterocycles. The van der Waals surface area contributed by atoms with E-state index in [4.69, 9.17) is 4.42 Å². The van der Waals surface area contributed by atoms with Crippen molar-refractivity contribution < 1.29 is 4.42 Å². The Bertz CT molecular complexity index is 517. The number of aromatic nitrogens is 1. The van der Waals surface area contributed by atoms with Crippen molar-refractivity contribution in [2.75, 3.05) is 19.6 Å². The first-order valence-electron chi connectivity index (χ1n) is 7.18. The van der Waals surface area contributed by atoms with E-state index in [2.05, 4.69) is 27.8 Å². The molecule has 0 bridgehead atoms. The van der Waals surface area contributed by atoms with Crippen molar-refractivity contribution >= 4 is 11.1 Å². The van der Waals surface area contributed by atoms with Crippen LogP contribution in [0.3, 0.4) is 0 Å². The fourth-order valence-corrected chi connectivity index (χ4v) is 2.66. The molecule has 4 heteroatoms. The van der Waals surface area contributed by atoms with Crippen LogP contribution < -0.4 is 10.6 Å². The van der Waals surface area contributed by atoms with Gasteiger partial charge in [0.15, 0.2) is 12.0 Å². The summed E-state index contributed by atoms with van der Waals surface area (Å²) < 4.78 is 5.32. The molecule has 1 aliphatic rings. The van der Waals surface area contributed by atoms with Gasteiger partial charge < -0.3 is 15.1 Å². The number of nitrogens with zero attached hydrogens (tertiary/aromatic N) is 1. The second-order valence-electron chi connectivity index (χ2n) is 5.26. The number of rotatable bonds is 5. The summed E-state index contributed by atoms with van der Waals surface area (Å²) in [4.78, 5) is 4.13. The van der Waals surface area contributed by atoms with E-state index in [9.17, 15) is 0 Å². The van der Waals surface area contributed by atoms with E-state index in [1.165, 1.54) is 37.8 Å². The highest BCUT2D eigenvalue weighted by molar-refractivity contribution is 5.72. The molecule has 0 radical (unpaired) electrons. The number of oxazole rings is 1. The molecule has 1 aromatic heterocycles. The highest BCUT2D eigenvalue weighted by Gasteiger charge is 2.11. The fourth-order valence-electron chi connectivity index (χ4n) is 2.66. The van der Waals surface area contributed by atoms with E-state index < -0.39 is 0 Å². The third-order valence-corrected chi connectivity index (χ3v) is 3.79. The first-order valence-corrected chi connectivity index (χ1v) is 7.18. The predicted octanol–water partition coefficient (Wildman–Crippen LogP) is 2.10. The Morgan fingerprint density at radius 2 is 2.37 bits per heavy atom. The van der Waals surface area contributed by atoms with Crippen LogP contribution in [0, 0.1) is 0 Å². The molecule has 2 aromatic rings. The predicted molar refractivity (Wildman–Crippen MR) is 76.2 cm³/mol. The van der Waals surface area contributed by atoms with Crippen molar-refractivity contribution in [2.24, 2.45) is 0 Å². The Morgan fingerprint density at radius 3 is 3.26 bits per heavy atom. The highest BCUT2D eigenvalue weighted by Crippen LogP contribution is 2.14. The van der Waals surface area contributed by atoms with Gasteiger partial charge in [0.2, 0.25) is 0 Å². The van der Waals surface area contributed by atoms with Crippen LogP contribution in [0.1, 0.15) is 24.8 Å². The molecule has 1 saturated heterocycles. The van der Waals surface area contributed by atoms with Gasteiger partial charge in [-0.25, -0.2) is 4.98 Å². The molecular weight excluding hydrogens is 238 g/mol. The molecule has 0 aliphatic carbocycles. The number of hydrogen-bond donors (Lipinski definition) is 2. The fraction of sp³-hybridized carbons (Fsp3) is 0.533. The summed E-state index contributed by atoms with van der Waals surface area (Å²) in [5.41, 5.74) is 3.11. The van der Waals surface area contributed by atoms with Crippen molar-refractivity contribution in [3.8, 4) is 0 Å². The lowest BCUT2D eigenvalue weighted by Gasteiger charge is -2.23. The molecule has 1 unspecified atom stereocenters. The monoisotopic (exact) mass is 259 g/mol. The Hall–Kier alpha value is -1.39. The summed E-state index contributed by atoms with van der Waals surface area (Å²) >= 11 is 0. The van der Waals surface area contributed by atoms with Crippen molar-refractivity contribution in [2.45, 2.75) is 31.7 Å². The lowest BCUT2D eigenvalue weighted by Crippen LogP contribution is -2.42. The minimum absolute atomic E-state index is 0.658. The number of hydrogen-bond acceptors (Lipinski definition) is 4. The van der Waals surface area contributed by atoms with Gasteiger partial charge in [-0.15, -0.1) is 0 Å². The molecule has 4 nitrogen and oxygen atoms in total. The van der Waals surface area contributed by atoms with Crippen molar-refractivity contribution in [3.63, 3.8) is 0 Å². The average Bonchev–Trinajstić information content (AvgIpc) is 2.92. The maximum Gasteiger partial charge on any atom is 0.181 e. The third kappa shape index (κ3) is 3.33. The Kier molecular flexibility index (Phi) is 4.10. The van der Waals surface area contributed by atoms with Crippen molar-refractivity contribution in [3.05, 3.63) is 30.2 Å². The quantitative estimate of drug-likeness (QED) is 0.807. The van der Waals surface area contributed by atoms with E-state index in [0.29, 0.717) is 6.04 Å². The molecule has 19 heavy (non-hydrogen) atoms. The lowest BCUT2D eigenvalue weighted by molar-refractivity contribution is 0.384. The zero-order valence-corrected chi connectivity index (χ0v) is 11.2. The smallest absolute Gasteiger partial charge is 0.181 e. The Labute approximate surface area is 113 Å². The highest BCUT2D eigenvalue weighted by atomic mass is 16.3. The van der Waals surface area contributed by atoms with Gasteiger partial charge >= 0.3 is 0 Å². The lowest BCUT2D eigenvalue weighted by atomic mass is 10.1. The summed E-state index contributed by atoms with van der Waals surface area (Å²) in [6, 6.07) is 6.90. The summed E-state index contributed by atoms with van der Waals surface area (Å²) in [5.74, 6) is 0. The average molecular weight is 259 g/mol. The SMILES string of the molecule is c1nc2ccc(CCNCC3CCCCN3)cc2o1. The first-order chi connectivity index (χ1) is 9.42. The summed E-state index contributed by atoms with van der Waals surface area (Å²) in [6.45, 7) is 3.26. The van der Waals surface area contributed by atoms with Crippen LogP contribution in [-0.4, -0.2) is 30.7 Å². The maximum absolute atomic E-state index is 5.32. The van der Waals surface area contributed by atoms with Crippen LogP contribution in [0.4, 0.5) is 0 Å². The van der Waals surface area contributed by atoms with Crippen LogP contribution >= 0.6 is 0 Å². The number of piperidine rings is 1. The van der Waals surface area contributed by atoms with E-state index in [1.807, 2.05) is 6.07 Å². The molecule has 1 fully saturated rings. The van der Waals surface area contributed by atoms with Gasteiger partial charge in [-0.3, -0.25) is 0 Å². The van der Waals surface area contributed by atoms with Crippen molar-refractivity contribution in [1.29, 1.82) is 0 Å². The molecule has 0 spiro atoms. The molecule has 1 atom stereocenters. The number of benzene rings is 1. The second kappa shape index (κ2) is 6.17. The van der Waals surface area contributed by atoms with E-state index in [1.54, 1.807) is 0 Å². The van der Waals surface area contributed by atoms with Crippen LogP contribution in [0.2, 0.25) is 0 Å². The standard InChI is InChI=1S/C15H21N3O/c1-2-7-17-13(3-1)10-16-8-6-12-4-5-14-15(9-12)19-11-18-14/h4-5,9,11,13,16-17H,1-3,6-8,10H2. The number of fused-ring (bicyclic) bond motifs is 1. The van der Waals surface area contributed by atoms with Gasteiger partial charge in [0.05, 0.1) is 0 Å². The van der Waals surface area contributed by atoms with Gasteiger partial charge in [-0.1, -0.05) is 12.5 Å². The van der Waals surface area contributed by atoms with Crippen LogP contribution in [-0.2, 0) is 6.42 Å².